The summed E-state index contributed by atoms with van der Waals surface area (Å²) in [5.74, 6) is 0.686. The van der Waals surface area contributed by atoms with Gasteiger partial charge in [0.2, 0.25) is 0 Å². The second-order valence-electron chi connectivity index (χ2n) is 5.94. The van der Waals surface area contributed by atoms with Crippen LogP contribution < -0.4 is 5.32 Å². The second kappa shape index (κ2) is 6.21. The Hall–Kier alpha value is -2.18. The van der Waals surface area contributed by atoms with Crippen molar-refractivity contribution in [2.24, 2.45) is 0 Å². The first-order valence-electron chi connectivity index (χ1n) is 7.83. The van der Waals surface area contributed by atoms with Gasteiger partial charge in [-0.15, -0.1) is 0 Å². The Bertz CT molecular complexity index is 996. The second-order valence-corrected chi connectivity index (χ2v) is 6.78. The quantitative estimate of drug-likeness (QED) is 0.589. The Balaban J connectivity index is 1.87. The zero-order chi connectivity index (χ0) is 18.5. The van der Waals surface area contributed by atoms with Crippen molar-refractivity contribution >= 4 is 29.0 Å². The van der Waals surface area contributed by atoms with Crippen LogP contribution in [-0.2, 0) is 12.6 Å². The molecule has 0 spiro atoms. The molecule has 0 aliphatic carbocycles. The van der Waals surface area contributed by atoms with Gasteiger partial charge in [0, 0.05) is 22.7 Å². The number of alkyl halides is 3. The Labute approximate surface area is 157 Å². The van der Waals surface area contributed by atoms with Crippen molar-refractivity contribution in [3.63, 3.8) is 0 Å². The number of nitrogens with zero attached hydrogens (tertiary/aromatic N) is 2. The summed E-state index contributed by atoms with van der Waals surface area (Å²) >= 11 is 12.3. The highest BCUT2D eigenvalue weighted by Crippen LogP contribution is 2.39. The van der Waals surface area contributed by atoms with E-state index in [1.165, 1.54) is 10.7 Å². The van der Waals surface area contributed by atoms with Gasteiger partial charge in [-0.2, -0.15) is 18.3 Å². The van der Waals surface area contributed by atoms with Crippen molar-refractivity contribution in [3.05, 3.63) is 63.6 Å². The number of anilines is 1. The fourth-order valence-corrected chi connectivity index (χ4v) is 3.57. The third-order valence-corrected chi connectivity index (χ3v) is 4.80. The summed E-state index contributed by atoms with van der Waals surface area (Å²) < 4.78 is 40.6. The van der Waals surface area contributed by atoms with Gasteiger partial charge in [0.05, 0.1) is 22.0 Å². The smallest absolute Gasteiger partial charge is 0.369 e. The molecular formula is C18H12Cl2F3N3. The van der Waals surface area contributed by atoms with E-state index in [1.54, 1.807) is 24.3 Å². The van der Waals surface area contributed by atoms with Gasteiger partial charge in [-0.25, -0.2) is 4.68 Å². The van der Waals surface area contributed by atoms with Crippen molar-refractivity contribution in [2.45, 2.75) is 12.6 Å². The van der Waals surface area contributed by atoms with Crippen molar-refractivity contribution in [2.75, 3.05) is 11.9 Å². The molecule has 0 atom stereocenters. The van der Waals surface area contributed by atoms with Crippen molar-refractivity contribution in [1.82, 2.24) is 9.78 Å². The van der Waals surface area contributed by atoms with Crippen molar-refractivity contribution < 1.29 is 13.2 Å². The Morgan fingerprint density at radius 2 is 1.88 bits per heavy atom. The maximum Gasteiger partial charge on any atom is 0.416 e. The van der Waals surface area contributed by atoms with Gasteiger partial charge in [0.25, 0.3) is 0 Å². The molecule has 3 aromatic rings. The number of hydrogen-bond acceptors (Lipinski definition) is 2. The first-order chi connectivity index (χ1) is 12.3. The molecular weight excluding hydrogens is 386 g/mol. The van der Waals surface area contributed by atoms with E-state index in [2.05, 4.69) is 10.4 Å². The van der Waals surface area contributed by atoms with Crippen LogP contribution in [0.1, 0.15) is 11.1 Å². The SMILES string of the molecule is FC(F)(F)c1cccc(-n2nc(-c3ccc(Cl)cc3Cl)c3c2NCC3)c1. The number of halogens is 5. The molecule has 0 radical (unpaired) electrons. The van der Waals surface area contributed by atoms with Gasteiger partial charge in [-0.05, 0) is 42.8 Å². The van der Waals surface area contributed by atoms with Crippen LogP contribution in [0.25, 0.3) is 16.9 Å². The van der Waals surface area contributed by atoms with E-state index in [-0.39, 0.29) is 0 Å². The van der Waals surface area contributed by atoms with E-state index in [0.717, 1.165) is 17.7 Å². The Kier molecular flexibility index (Phi) is 4.12. The van der Waals surface area contributed by atoms with E-state index in [4.69, 9.17) is 23.2 Å². The molecule has 4 rings (SSSR count). The summed E-state index contributed by atoms with van der Waals surface area (Å²) in [6.07, 6.45) is -3.70. The predicted molar refractivity (Wildman–Crippen MR) is 96.2 cm³/mol. The first kappa shape index (κ1) is 17.2. The van der Waals surface area contributed by atoms with Crippen LogP contribution in [0, 0.1) is 0 Å². The summed E-state index contributed by atoms with van der Waals surface area (Å²) in [6, 6.07) is 10.2. The summed E-state index contributed by atoms with van der Waals surface area (Å²) in [6.45, 7) is 0.685. The summed E-state index contributed by atoms with van der Waals surface area (Å²) in [4.78, 5) is 0. The lowest BCUT2D eigenvalue weighted by molar-refractivity contribution is -0.137. The average molecular weight is 398 g/mol. The number of nitrogens with one attached hydrogen (secondary N) is 1. The molecule has 1 N–H and O–H groups in total. The highest BCUT2D eigenvalue weighted by molar-refractivity contribution is 6.36. The van der Waals surface area contributed by atoms with E-state index in [1.807, 2.05) is 0 Å². The van der Waals surface area contributed by atoms with Crippen LogP contribution >= 0.6 is 23.2 Å². The summed E-state index contributed by atoms with van der Waals surface area (Å²) in [5, 5.41) is 8.69. The fourth-order valence-electron chi connectivity index (χ4n) is 3.07. The lowest BCUT2D eigenvalue weighted by Gasteiger charge is -2.10. The molecule has 0 unspecified atom stereocenters. The van der Waals surface area contributed by atoms with Gasteiger partial charge >= 0.3 is 6.18 Å². The van der Waals surface area contributed by atoms with Gasteiger partial charge < -0.3 is 5.32 Å². The third kappa shape index (κ3) is 2.93. The molecule has 2 heterocycles. The number of aromatic nitrogens is 2. The minimum atomic E-state index is -4.41. The van der Waals surface area contributed by atoms with Gasteiger partial charge in [0.15, 0.2) is 0 Å². The molecule has 3 nitrogen and oxygen atoms in total. The molecule has 1 aromatic heterocycles. The zero-order valence-corrected chi connectivity index (χ0v) is 14.8. The minimum absolute atomic E-state index is 0.335. The van der Waals surface area contributed by atoms with Crippen LogP contribution in [0.2, 0.25) is 10.0 Å². The van der Waals surface area contributed by atoms with Gasteiger partial charge in [-0.3, -0.25) is 0 Å². The normalized spacial score (nSPS) is 13.6. The zero-order valence-electron chi connectivity index (χ0n) is 13.2. The fraction of sp³-hybridized carbons (Fsp3) is 0.167. The third-order valence-electron chi connectivity index (χ3n) is 4.26. The molecule has 0 saturated heterocycles. The molecule has 26 heavy (non-hydrogen) atoms. The predicted octanol–water partition coefficient (Wildman–Crippen LogP) is 5.83. The van der Waals surface area contributed by atoms with Gasteiger partial charge in [0.1, 0.15) is 5.82 Å². The molecule has 1 aliphatic rings. The summed E-state index contributed by atoms with van der Waals surface area (Å²) in [7, 11) is 0. The molecule has 0 amide bonds. The Morgan fingerprint density at radius 1 is 1.08 bits per heavy atom. The van der Waals surface area contributed by atoms with Crippen LogP contribution in [-0.4, -0.2) is 16.3 Å². The first-order valence-corrected chi connectivity index (χ1v) is 8.59. The van der Waals surface area contributed by atoms with E-state index < -0.39 is 11.7 Å². The number of hydrogen-bond donors (Lipinski definition) is 1. The van der Waals surface area contributed by atoms with Crippen molar-refractivity contribution in [1.29, 1.82) is 0 Å². The number of benzene rings is 2. The molecule has 8 heteroatoms. The van der Waals surface area contributed by atoms with Crippen molar-refractivity contribution in [3.8, 4) is 16.9 Å². The van der Waals surface area contributed by atoms with E-state index >= 15 is 0 Å². The average Bonchev–Trinajstić information content (AvgIpc) is 3.17. The highest BCUT2D eigenvalue weighted by atomic mass is 35.5. The maximum atomic E-state index is 13.0. The highest BCUT2D eigenvalue weighted by Gasteiger charge is 2.31. The van der Waals surface area contributed by atoms with E-state index in [9.17, 15) is 13.2 Å². The number of fused-ring (bicyclic) bond motifs is 1. The monoisotopic (exact) mass is 397 g/mol. The topological polar surface area (TPSA) is 29.9 Å². The standard InChI is InChI=1S/C18H12Cl2F3N3/c19-11-4-5-13(15(20)9-11)16-14-6-7-24-17(14)26(25-16)12-3-1-2-10(8-12)18(21,22)23/h1-5,8-9,24H,6-7H2. The molecule has 134 valence electrons. The maximum absolute atomic E-state index is 13.0. The van der Waals surface area contributed by atoms with Crippen LogP contribution in [0.15, 0.2) is 42.5 Å². The molecule has 2 aromatic carbocycles. The molecule has 0 fully saturated rings. The summed E-state index contributed by atoms with van der Waals surface area (Å²) in [5.41, 5.74) is 1.88. The Morgan fingerprint density at radius 3 is 2.62 bits per heavy atom. The van der Waals surface area contributed by atoms with Gasteiger partial charge in [-0.1, -0.05) is 29.3 Å². The largest absolute Gasteiger partial charge is 0.416 e. The minimum Gasteiger partial charge on any atom is -0.369 e. The van der Waals surface area contributed by atoms with E-state index in [0.29, 0.717) is 45.8 Å². The molecule has 0 saturated carbocycles. The van der Waals surface area contributed by atoms with Crippen LogP contribution in [0.4, 0.5) is 19.0 Å². The number of rotatable bonds is 2. The van der Waals surface area contributed by atoms with Crippen LogP contribution in [0.3, 0.4) is 0 Å². The van der Waals surface area contributed by atoms with Crippen LogP contribution in [0.5, 0.6) is 0 Å². The lowest BCUT2D eigenvalue weighted by atomic mass is 10.1. The lowest BCUT2D eigenvalue weighted by Crippen LogP contribution is -2.08. The molecule has 1 aliphatic heterocycles. The molecule has 0 bridgehead atoms.